The Bertz CT molecular complexity index is 591. The van der Waals surface area contributed by atoms with Gasteiger partial charge in [0.05, 0.1) is 0 Å². The van der Waals surface area contributed by atoms with E-state index in [0.717, 1.165) is 12.0 Å². The minimum Gasteiger partial charge on any atom is -0.356 e. The Labute approximate surface area is 148 Å². The Balaban J connectivity index is 1.88. The second-order valence-electron chi connectivity index (χ2n) is 6.75. The first-order chi connectivity index (χ1) is 11.9. The molecule has 0 radical (unpaired) electrons. The van der Waals surface area contributed by atoms with Crippen molar-refractivity contribution in [3.8, 4) is 0 Å². The monoisotopic (exact) mass is 350 g/mol. The standard InChI is InChI=1S/C18H27FN4O2/c1-13(24)20-11-15-8-9-23(12-17(15)22(2)3)18(25)21-10-14-4-6-16(19)7-5-14/h4-7,15,17H,8-12H2,1-3H3,(H,20,24)(H,21,25)/t15-,17-/m1/s1. The number of carbonyl (C=O) groups excluding carboxylic acids is 2. The normalized spacial score (nSPS) is 20.4. The van der Waals surface area contributed by atoms with Crippen LogP contribution in [0.25, 0.3) is 0 Å². The highest BCUT2D eigenvalue weighted by molar-refractivity contribution is 5.74. The van der Waals surface area contributed by atoms with Crippen LogP contribution in [0, 0.1) is 11.7 Å². The van der Waals surface area contributed by atoms with E-state index < -0.39 is 0 Å². The largest absolute Gasteiger partial charge is 0.356 e. The highest BCUT2D eigenvalue weighted by Crippen LogP contribution is 2.21. The Morgan fingerprint density at radius 3 is 2.52 bits per heavy atom. The van der Waals surface area contributed by atoms with Crippen LogP contribution >= 0.6 is 0 Å². The number of urea groups is 1. The predicted molar refractivity (Wildman–Crippen MR) is 94.5 cm³/mol. The van der Waals surface area contributed by atoms with Gasteiger partial charge in [-0.2, -0.15) is 0 Å². The van der Waals surface area contributed by atoms with Crippen molar-refractivity contribution in [3.63, 3.8) is 0 Å². The number of benzene rings is 1. The van der Waals surface area contributed by atoms with E-state index in [9.17, 15) is 14.0 Å². The Kier molecular flexibility index (Phi) is 6.75. The Hall–Kier alpha value is -2.15. The predicted octanol–water partition coefficient (Wildman–Crippen LogP) is 1.42. The molecule has 1 aromatic carbocycles. The maximum absolute atomic E-state index is 12.9. The van der Waals surface area contributed by atoms with E-state index in [1.807, 2.05) is 14.1 Å². The van der Waals surface area contributed by atoms with Crippen LogP contribution in [0.2, 0.25) is 0 Å². The Morgan fingerprint density at radius 1 is 1.24 bits per heavy atom. The molecule has 0 spiro atoms. The van der Waals surface area contributed by atoms with Crippen LogP contribution in [0.3, 0.4) is 0 Å². The van der Waals surface area contributed by atoms with Gasteiger partial charge in [-0.25, -0.2) is 9.18 Å². The molecule has 0 aliphatic carbocycles. The molecular formula is C18H27FN4O2. The van der Waals surface area contributed by atoms with Crippen LogP contribution in [0.5, 0.6) is 0 Å². The van der Waals surface area contributed by atoms with Gasteiger partial charge in [0.2, 0.25) is 5.91 Å². The zero-order valence-corrected chi connectivity index (χ0v) is 15.1. The zero-order chi connectivity index (χ0) is 18.4. The highest BCUT2D eigenvalue weighted by atomic mass is 19.1. The average molecular weight is 350 g/mol. The summed E-state index contributed by atoms with van der Waals surface area (Å²) in [6.07, 6.45) is 0.840. The van der Waals surface area contributed by atoms with Crippen LogP contribution < -0.4 is 10.6 Å². The molecule has 0 aromatic heterocycles. The van der Waals surface area contributed by atoms with Crippen molar-refractivity contribution in [1.29, 1.82) is 0 Å². The van der Waals surface area contributed by atoms with Gasteiger partial charge < -0.3 is 20.4 Å². The fraction of sp³-hybridized carbons (Fsp3) is 0.556. The first kappa shape index (κ1) is 19.2. The molecule has 0 bridgehead atoms. The van der Waals surface area contributed by atoms with Gasteiger partial charge >= 0.3 is 6.03 Å². The molecule has 1 aromatic rings. The number of carbonyl (C=O) groups is 2. The van der Waals surface area contributed by atoms with Gasteiger partial charge in [-0.05, 0) is 44.1 Å². The third-order valence-electron chi connectivity index (χ3n) is 4.64. The number of piperidine rings is 1. The van der Waals surface area contributed by atoms with E-state index >= 15 is 0 Å². The van der Waals surface area contributed by atoms with Crippen LogP contribution in [0.4, 0.5) is 9.18 Å². The van der Waals surface area contributed by atoms with Crippen LogP contribution in [0.1, 0.15) is 18.9 Å². The molecule has 1 heterocycles. The van der Waals surface area contributed by atoms with Gasteiger partial charge in [0.15, 0.2) is 0 Å². The molecule has 1 aliphatic heterocycles. The number of likely N-dealkylation sites (tertiary alicyclic amines) is 1. The lowest BCUT2D eigenvalue weighted by molar-refractivity contribution is -0.119. The molecule has 7 heteroatoms. The molecular weight excluding hydrogens is 323 g/mol. The van der Waals surface area contributed by atoms with Crippen molar-refractivity contribution in [2.75, 3.05) is 33.7 Å². The maximum atomic E-state index is 12.9. The molecule has 0 unspecified atom stereocenters. The van der Waals surface area contributed by atoms with Gasteiger partial charge in [0.25, 0.3) is 0 Å². The van der Waals surface area contributed by atoms with E-state index in [1.165, 1.54) is 19.1 Å². The second kappa shape index (κ2) is 8.80. The fourth-order valence-corrected chi connectivity index (χ4v) is 3.15. The number of halogens is 1. The van der Waals surface area contributed by atoms with Gasteiger partial charge in [0.1, 0.15) is 5.82 Å². The SMILES string of the molecule is CC(=O)NC[C@H]1CCN(C(=O)NCc2ccc(F)cc2)C[C@H]1N(C)C. The molecule has 25 heavy (non-hydrogen) atoms. The van der Waals surface area contributed by atoms with Crippen molar-refractivity contribution in [3.05, 3.63) is 35.6 Å². The number of rotatable bonds is 5. The quantitative estimate of drug-likeness (QED) is 0.844. The van der Waals surface area contributed by atoms with E-state index in [2.05, 4.69) is 15.5 Å². The summed E-state index contributed by atoms with van der Waals surface area (Å²) in [5.74, 6) is 0.00201. The third kappa shape index (κ3) is 5.70. The van der Waals surface area contributed by atoms with Crippen LogP contribution in [-0.4, -0.2) is 61.5 Å². The number of hydrogen-bond acceptors (Lipinski definition) is 3. The summed E-state index contributed by atoms with van der Waals surface area (Å²) in [5.41, 5.74) is 0.861. The molecule has 1 saturated heterocycles. The summed E-state index contributed by atoms with van der Waals surface area (Å²) < 4.78 is 12.9. The van der Waals surface area contributed by atoms with Crippen LogP contribution in [-0.2, 0) is 11.3 Å². The van der Waals surface area contributed by atoms with Crippen molar-refractivity contribution in [2.24, 2.45) is 5.92 Å². The van der Waals surface area contributed by atoms with Crippen molar-refractivity contribution in [1.82, 2.24) is 20.4 Å². The maximum Gasteiger partial charge on any atom is 0.317 e. The Morgan fingerprint density at radius 2 is 1.92 bits per heavy atom. The molecule has 3 amide bonds. The minimum absolute atomic E-state index is 0.0306. The van der Waals surface area contributed by atoms with Gasteiger partial charge in [0, 0.05) is 39.1 Å². The van der Waals surface area contributed by atoms with Crippen LogP contribution in [0.15, 0.2) is 24.3 Å². The minimum atomic E-state index is -0.287. The first-order valence-electron chi connectivity index (χ1n) is 8.55. The lowest BCUT2D eigenvalue weighted by Crippen LogP contribution is -2.56. The second-order valence-corrected chi connectivity index (χ2v) is 6.75. The summed E-state index contributed by atoms with van der Waals surface area (Å²) in [6.45, 7) is 3.79. The average Bonchev–Trinajstić information content (AvgIpc) is 2.58. The van der Waals surface area contributed by atoms with Gasteiger partial charge in [-0.3, -0.25) is 4.79 Å². The summed E-state index contributed by atoms with van der Waals surface area (Å²) in [4.78, 5) is 27.5. The van der Waals surface area contributed by atoms with Gasteiger partial charge in [-0.1, -0.05) is 12.1 Å². The lowest BCUT2D eigenvalue weighted by Gasteiger charge is -2.41. The van der Waals surface area contributed by atoms with Gasteiger partial charge in [-0.15, -0.1) is 0 Å². The molecule has 138 valence electrons. The third-order valence-corrected chi connectivity index (χ3v) is 4.64. The molecule has 1 aliphatic rings. The smallest absolute Gasteiger partial charge is 0.317 e. The lowest BCUT2D eigenvalue weighted by atomic mass is 9.90. The summed E-state index contributed by atoms with van der Waals surface area (Å²) in [7, 11) is 3.98. The number of likely N-dealkylation sites (N-methyl/N-ethyl adjacent to an activating group) is 1. The number of nitrogens with zero attached hydrogens (tertiary/aromatic N) is 2. The topological polar surface area (TPSA) is 64.7 Å². The summed E-state index contributed by atoms with van der Waals surface area (Å²) >= 11 is 0. The van der Waals surface area contributed by atoms with E-state index in [0.29, 0.717) is 32.1 Å². The summed E-state index contributed by atoms with van der Waals surface area (Å²) in [5, 5.41) is 5.77. The van der Waals surface area contributed by atoms with Crippen molar-refractivity contribution >= 4 is 11.9 Å². The van der Waals surface area contributed by atoms with E-state index in [4.69, 9.17) is 0 Å². The highest BCUT2D eigenvalue weighted by Gasteiger charge is 2.32. The van der Waals surface area contributed by atoms with E-state index in [1.54, 1.807) is 17.0 Å². The molecule has 0 saturated carbocycles. The summed E-state index contributed by atoms with van der Waals surface area (Å²) in [6, 6.07) is 6.18. The number of hydrogen-bond donors (Lipinski definition) is 2. The number of amides is 3. The number of nitrogens with one attached hydrogen (secondary N) is 2. The fourth-order valence-electron chi connectivity index (χ4n) is 3.15. The van der Waals surface area contributed by atoms with Crippen molar-refractivity contribution in [2.45, 2.75) is 25.9 Å². The zero-order valence-electron chi connectivity index (χ0n) is 15.1. The van der Waals surface area contributed by atoms with E-state index in [-0.39, 0.29) is 23.8 Å². The van der Waals surface area contributed by atoms with Crippen molar-refractivity contribution < 1.29 is 14.0 Å². The first-order valence-corrected chi connectivity index (χ1v) is 8.55. The molecule has 2 rings (SSSR count). The molecule has 2 atom stereocenters. The molecule has 2 N–H and O–H groups in total. The molecule has 6 nitrogen and oxygen atoms in total. The molecule has 1 fully saturated rings.